The maximum atomic E-state index is 12.2. The minimum Gasteiger partial charge on any atom is -0.479 e. The number of furan rings is 1. The number of aliphatic carboxylic acids is 1. The number of ether oxygens (including phenoxy) is 5. The molecule has 0 saturated carbocycles. The van der Waals surface area contributed by atoms with Crippen LogP contribution < -0.4 is 10.1 Å². The van der Waals surface area contributed by atoms with Crippen LogP contribution in [-0.4, -0.2) is 60.3 Å². The molecule has 10 nitrogen and oxygen atoms in total. The first-order valence-corrected chi connectivity index (χ1v) is 11.3. The SMILES string of the molecule is C=CCc1ccccc1OC1OC2COC(c3ccco3)OC2C(OC(C)C(=O)O)C1NC(C)=O. The van der Waals surface area contributed by atoms with E-state index in [1.54, 1.807) is 24.3 Å². The standard InChI is InChI=1S/C25H29NO9/c1-4-8-16-9-5-6-10-17(16)33-25-20(26-15(3)27)22(32-14(2)23(28)29)21-19(34-25)13-31-24(35-21)18-11-7-12-30-18/h4-7,9-12,14,19-22,24-25H,1,8,13H2,2-3H3,(H,26,27)(H,28,29). The first kappa shape index (κ1) is 24.9. The summed E-state index contributed by atoms with van der Waals surface area (Å²) in [7, 11) is 0. The van der Waals surface area contributed by atoms with Crippen LogP contribution in [0.5, 0.6) is 5.75 Å². The molecule has 1 aromatic heterocycles. The van der Waals surface area contributed by atoms with E-state index >= 15 is 0 Å². The summed E-state index contributed by atoms with van der Waals surface area (Å²) in [5.41, 5.74) is 0.875. The number of amides is 1. The largest absolute Gasteiger partial charge is 0.479 e. The highest BCUT2D eigenvalue weighted by Crippen LogP contribution is 2.37. The van der Waals surface area contributed by atoms with Crippen molar-refractivity contribution in [3.63, 3.8) is 0 Å². The third-order valence-electron chi connectivity index (χ3n) is 5.77. The highest BCUT2D eigenvalue weighted by Gasteiger charge is 2.53. The van der Waals surface area contributed by atoms with Crippen LogP contribution in [0.1, 0.15) is 31.5 Å². The predicted molar refractivity (Wildman–Crippen MR) is 121 cm³/mol. The van der Waals surface area contributed by atoms with Gasteiger partial charge in [-0.25, -0.2) is 4.79 Å². The van der Waals surface area contributed by atoms with Crippen molar-refractivity contribution in [2.45, 2.75) is 63.3 Å². The third kappa shape index (κ3) is 5.73. The first-order valence-electron chi connectivity index (χ1n) is 11.3. The molecule has 2 aliphatic rings. The molecular weight excluding hydrogens is 458 g/mol. The van der Waals surface area contributed by atoms with Crippen molar-refractivity contribution in [1.82, 2.24) is 5.32 Å². The van der Waals surface area contributed by atoms with Gasteiger partial charge >= 0.3 is 5.97 Å². The molecule has 2 aromatic rings. The van der Waals surface area contributed by atoms with Gasteiger partial charge in [0.05, 0.1) is 12.9 Å². The molecule has 0 bridgehead atoms. The van der Waals surface area contributed by atoms with Crippen LogP contribution >= 0.6 is 0 Å². The maximum Gasteiger partial charge on any atom is 0.332 e. The fraction of sp³-hybridized carbons (Fsp3) is 0.440. The van der Waals surface area contributed by atoms with Gasteiger partial charge in [-0.05, 0) is 37.1 Å². The Labute approximate surface area is 202 Å². The maximum absolute atomic E-state index is 12.2. The summed E-state index contributed by atoms with van der Waals surface area (Å²) < 4.78 is 35.7. The van der Waals surface area contributed by atoms with Crippen LogP contribution in [0.2, 0.25) is 0 Å². The van der Waals surface area contributed by atoms with Gasteiger partial charge < -0.3 is 38.5 Å². The Kier molecular flexibility index (Phi) is 7.86. The minimum absolute atomic E-state index is 0.109. The summed E-state index contributed by atoms with van der Waals surface area (Å²) in [6.45, 7) is 6.65. The summed E-state index contributed by atoms with van der Waals surface area (Å²) in [6, 6.07) is 9.92. The lowest BCUT2D eigenvalue weighted by molar-refractivity contribution is -0.343. The van der Waals surface area contributed by atoms with Gasteiger partial charge in [0, 0.05) is 6.92 Å². The number of fused-ring (bicyclic) bond motifs is 1. The molecule has 35 heavy (non-hydrogen) atoms. The number of allylic oxidation sites excluding steroid dienone is 1. The van der Waals surface area contributed by atoms with E-state index in [2.05, 4.69) is 11.9 Å². The fourth-order valence-electron chi connectivity index (χ4n) is 4.15. The van der Waals surface area contributed by atoms with Crippen molar-refractivity contribution < 1.29 is 42.8 Å². The quantitative estimate of drug-likeness (QED) is 0.513. The summed E-state index contributed by atoms with van der Waals surface area (Å²) in [5.74, 6) is -0.530. The van der Waals surface area contributed by atoms with Gasteiger partial charge in [0.1, 0.15) is 30.1 Å². The molecule has 1 aromatic carbocycles. The van der Waals surface area contributed by atoms with Crippen molar-refractivity contribution in [3.05, 3.63) is 66.6 Å². The molecule has 2 saturated heterocycles. The van der Waals surface area contributed by atoms with Crippen LogP contribution in [0.4, 0.5) is 0 Å². The average molecular weight is 488 g/mol. The zero-order valence-electron chi connectivity index (χ0n) is 19.5. The lowest BCUT2D eigenvalue weighted by Gasteiger charge is -2.49. The highest BCUT2D eigenvalue weighted by atomic mass is 16.8. The van der Waals surface area contributed by atoms with E-state index in [1.807, 2.05) is 18.2 Å². The molecule has 188 valence electrons. The Hall–Kier alpha value is -3.18. The molecular formula is C25H29NO9. The smallest absolute Gasteiger partial charge is 0.332 e. The van der Waals surface area contributed by atoms with Crippen molar-refractivity contribution in [3.8, 4) is 5.75 Å². The number of para-hydroxylation sites is 1. The Balaban J connectivity index is 1.66. The molecule has 0 aliphatic carbocycles. The topological polar surface area (TPSA) is 126 Å². The lowest BCUT2D eigenvalue weighted by Crippen LogP contribution is -2.68. The Bertz CT molecular complexity index is 1020. The number of nitrogens with one attached hydrogen (secondary N) is 1. The van der Waals surface area contributed by atoms with Gasteiger partial charge in [0.25, 0.3) is 0 Å². The molecule has 7 unspecified atom stereocenters. The van der Waals surface area contributed by atoms with Gasteiger partial charge in [0.2, 0.25) is 18.5 Å². The monoisotopic (exact) mass is 487 g/mol. The molecule has 1 amide bonds. The van der Waals surface area contributed by atoms with E-state index in [1.165, 1.54) is 20.1 Å². The molecule has 3 heterocycles. The lowest BCUT2D eigenvalue weighted by atomic mass is 9.95. The number of carbonyl (C=O) groups excluding carboxylic acids is 1. The zero-order valence-corrected chi connectivity index (χ0v) is 19.5. The molecule has 10 heteroatoms. The molecule has 2 aliphatic heterocycles. The summed E-state index contributed by atoms with van der Waals surface area (Å²) >= 11 is 0. The Morgan fingerprint density at radius 2 is 2.06 bits per heavy atom. The number of carbonyl (C=O) groups is 2. The minimum atomic E-state index is -1.18. The van der Waals surface area contributed by atoms with Crippen LogP contribution in [0, 0.1) is 0 Å². The van der Waals surface area contributed by atoms with Crippen molar-refractivity contribution >= 4 is 11.9 Å². The number of rotatable bonds is 9. The van der Waals surface area contributed by atoms with E-state index in [-0.39, 0.29) is 12.5 Å². The van der Waals surface area contributed by atoms with Gasteiger partial charge in [-0.3, -0.25) is 4.79 Å². The molecule has 0 radical (unpaired) electrons. The number of carboxylic acid groups (broad SMARTS) is 1. The van der Waals surface area contributed by atoms with Gasteiger partial charge in [-0.15, -0.1) is 6.58 Å². The van der Waals surface area contributed by atoms with Crippen LogP contribution in [0.15, 0.2) is 59.7 Å². The second kappa shape index (κ2) is 11.0. The van der Waals surface area contributed by atoms with Crippen LogP contribution in [0.25, 0.3) is 0 Å². The molecule has 4 rings (SSSR count). The number of benzene rings is 1. The van der Waals surface area contributed by atoms with Gasteiger partial charge in [-0.1, -0.05) is 24.3 Å². The van der Waals surface area contributed by atoms with Crippen molar-refractivity contribution in [2.75, 3.05) is 6.61 Å². The predicted octanol–water partition coefficient (Wildman–Crippen LogP) is 2.59. The van der Waals surface area contributed by atoms with Crippen LogP contribution in [0.3, 0.4) is 0 Å². The van der Waals surface area contributed by atoms with E-state index in [0.29, 0.717) is 17.9 Å². The summed E-state index contributed by atoms with van der Waals surface area (Å²) in [5, 5.41) is 12.3. The Morgan fingerprint density at radius 1 is 1.26 bits per heavy atom. The average Bonchev–Trinajstić information content (AvgIpc) is 3.37. The number of hydrogen-bond donors (Lipinski definition) is 2. The second-order valence-corrected chi connectivity index (χ2v) is 8.35. The summed E-state index contributed by atoms with van der Waals surface area (Å²) in [4.78, 5) is 23.8. The normalized spacial score (nSPS) is 29.0. The van der Waals surface area contributed by atoms with E-state index in [9.17, 15) is 14.7 Å². The van der Waals surface area contributed by atoms with E-state index in [4.69, 9.17) is 28.1 Å². The molecule has 2 fully saturated rings. The van der Waals surface area contributed by atoms with Crippen LogP contribution in [-0.2, 0) is 35.0 Å². The highest BCUT2D eigenvalue weighted by molar-refractivity contribution is 5.73. The number of hydrogen-bond acceptors (Lipinski definition) is 8. The molecule has 7 atom stereocenters. The van der Waals surface area contributed by atoms with Crippen molar-refractivity contribution in [2.24, 2.45) is 0 Å². The zero-order chi connectivity index (χ0) is 24.9. The first-order chi connectivity index (χ1) is 16.9. The molecule has 0 spiro atoms. The summed E-state index contributed by atoms with van der Waals surface area (Å²) in [6.07, 6.45) is -1.59. The van der Waals surface area contributed by atoms with E-state index in [0.717, 1.165) is 5.56 Å². The third-order valence-corrected chi connectivity index (χ3v) is 5.77. The number of carboxylic acids is 1. The van der Waals surface area contributed by atoms with Crippen molar-refractivity contribution in [1.29, 1.82) is 0 Å². The molecule has 2 N–H and O–H groups in total. The van der Waals surface area contributed by atoms with Gasteiger partial charge in [0.15, 0.2) is 11.9 Å². The fourth-order valence-corrected chi connectivity index (χ4v) is 4.15. The van der Waals surface area contributed by atoms with Gasteiger partial charge in [-0.2, -0.15) is 0 Å². The second-order valence-electron chi connectivity index (χ2n) is 8.35. The Morgan fingerprint density at radius 3 is 2.74 bits per heavy atom. The van der Waals surface area contributed by atoms with E-state index < -0.39 is 49.0 Å².